The van der Waals surface area contributed by atoms with E-state index in [9.17, 15) is 14.7 Å². The van der Waals surface area contributed by atoms with Crippen LogP contribution in [0.15, 0.2) is 0 Å². The Kier molecular flexibility index (Phi) is 4.26. The third-order valence-electron chi connectivity index (χ3n) is 3.78. The zero-order chi connectivity index (χ0) is 13.9. The van der Waals surface area contributed by atoms with Crippen LogP contribution in [-0.2, 0) is 9.53 Å². The van der Waals surface area contributed by atoms with Crippen LogP contribution < -0.4 is 5.32 Å². The molecular weight excluding hydrogens is 250 g/mol. The molecule has 2 N–H and O–H groups in total. The Labute approximate surface area is 112 Å². The van der Waals surface area contributed by atoms with Crippen LogP contribution in [0.5, 0.6) is 0 Å². The molecule has 0 radical (unpaired) electrons. The number of urea groups is 1. The minimum Gasteiger partial charge on any atom is -0.479 e. The SMILES string of the molecule is CN1CCCN(C(=O)NC2(C(=O)O)CCOC2)CC1. The van der Waals surface area contributed by atoms with Crippen LogP contribution in [0.3, 0.4) is 0 Å². The number of carbonyl (C=O) groups excluding carboxylic acids is 1. The predicted molar refractivity (Wildman–Crippen MR) is 68.0 cm³/mol. The van der Waals surface area contributed by atoms with Gasteiger partial charge >= 0.3 is 12.0 Å². The van der Waals surface area contributed by atoms with Crippen molar-refractivity contribution in [2.45, 2.75) is 18.4 Å². The lowest BCUT2D eigenvalue weighted by atomic mass is 9.99. The van der Waals surface area contributed by atoms with E-state index in [1.807, 2.05) is 7.05 Å². The monoisotopic (exact) mass is 271 g/mol. The maximum absolute atomic E-state index is 12.2. The zero-order valence-electron chi connectivity index (χ0n) is 11.2. The first-order valence-electron chi connectivity index (χ1n) is 6.60. The van der Waals surface area contributed by atoms with Gasteiger partial charge in [-0.1, -0.05) is 0 Å². The van der Waals surface area contributed by atoms with E-state index < -0.39 is 11.5 Å². The summed E-state index contributed by atoms with van der Waals surface area (Å²) in [4.78, 5) is 27.4. The van der Waals surface area contributed by atoms with Crippen molar-refractivity contribution in [1.82, 2.24) is 15.1 Å². The summed E-state index contributed by atoms with van der Waals surface area (Å²) in [5.74, 6) is -1.02. The third-order valence-corrected chi connectivity index (χ3v) is 3.78. The lowest BCUT2D eigenvalue weighted by Gasteiger charge is -2.28. The van der Waals surface area contributed by atoms with Crippen LogP contribution in [0.4, 0.5) is 4.79 Å². The van der Waals surface area contributed by atoms with E-state index in [0.29, 0.717) is 26.1 Å². The van der Waals surface area contributed by atoms with Crippen molar-refractivity contribution in [3.05, 3.63) is 0 Å². The fourth-order valence-electron chi connectivity index (χ4n) is 2.42. The normalized spacial score (nSPS) is 29.0. The van der Waals surface area contributed by atoms with E-state index >= 15 is 0 Å². The minimum absolute atomic E-state index is 0.0435. The zero-order valence-corrected chi connectivity index (χ0v) is 11.2. The molecule has 7 nitrogen and oxygen atoms in total. The van der Waals surface area contributed by atoms with Crippen molar-refractivity contribution in [3.8, 4) is 0 Å². The topological polar surface area (TPSA) is 82.1 Å². The van der Waals surface area contributed by atoms with E-state index in [1.165, 1.54) is 0 Å². The third kappa shape index (κ3) is 3.16. The van der Waals surface area contributed by atoms with Crippen molar-refractivity contribution >= 4 is 12.0 Å². The predicted octanol–water partition coefficient (Wildman–Crippen LogP) is -0.423. The molecule has 2 rings (SSSR count). The lowest BCUT2D eigenvalue weighted by Crippen LogP contribution is -2.58. The molecule has 2 heterocycles. The van der Waals surface area contributed by atoms with Gasteiger partial charge in [0.05, 0.1) is 6.61 Å². The van der Waals surface area contributed by atoms with Gasteiger partial charge in [-0.05, 0) is 20.0 Å². The Morgan fingerprint density at radius 1 is 1.26 bits per heavy atom. The number of amides is 2. The van der Waals surface area contributed by atoms with Crippen molar-refractivity contribution in [3.63, 3.8) is 0 Å². The number of carbonyl (C=O) groups is 2. The summed E-state index contributed by atoms with van der Waals surface area (Å²) in [6.07, 6.45) is 1.22. The molecule has 2 amide bonds. The van der Waals surface area contributed by atoms with Crippen LogP contribution >= 0.6 is 0 Å². The van der Waals surface area contributed by atoms with Crippen LogP contribution in [0.1, 0.15) is 12.8 Å². The van der Waals surface area contributed by atoms with E-state index in [1.54, 1.807) is 4.90 Å². The van der Waals surface area contributed by atoms with Crippen LogP contribution in [-0.4, -0.2) is 78.9 Å². The van der Waals surface area contributed by atoms with Gasteiger partial charge in [0, 0.05) is 32.7 Å². The second kappa shape index (κ2) is 5.75. The second-order valence-electron chi connectivity index (χ2n) is 5.26. The molecular formula is C12H21N3O4. The number of nitrogens with zero attached hydrogens (tertiary/aromatic N) is 2. The number of hydrogen-bond acceptors (Lipinski definition) is 4. The fourth-order valence-corrected chi connectivity index (χ4v) is 2.42. The van der Waals surface area contributed by atoms with Gasteiger partial charge in [0.15, 0.2) is 5.54 Å². The Balaban J connectivity index is 1.97. The van der Waals surface area contributed by atoms with Gasteiger partial charge < -0.3 is 25.0 Å². The summed E-state index contributed by atoms with van der Waals surface area (Å²) >= 11 is 0. The van der Waals surface area contributed by atoms with Crippen molar-refractivity contribution in [2.75, 3.05) is 46.4 Å². The highest BCUT2D eigenvalue weighted by molar-refractivity contribution is 5.86. The molecule has 0 aliphatic carbocycles. The van der Waals surface area contributed by atoms with E-state index in [2.05, 4.69) is 10.2 Å². The summed E-state index contributed by atoms with van der Waals surface area (Å²) in [6, 6.07) is -0.303. The average molecular weight is 271 g/mol. The lowest BCUT2D eigenvalue weighted by molar-refractivity contribution is -0.144. The smallest absolute Gasteiger partial charge is 0.332 e. The summed E-state index contributed by atoms with van der Waals surface area (Å²) in [6.45, 7) is 3.46. The van der Waals surface area contributed by atoms with Gasteiger partial charge in [-0.3, -0.25) is 0 Å². The summed E-state index contributed by atoms with van der Waals surface area (Å²) in [5, 5.41) is 11.9. The number of likely N-dealkylation sites (N-methyl/N-ethyl adjacent to an activating group) is 1. The van der Waals surface area contributed by atoms with E-state index in [4.69, 9.17) is 4.74 Å². The van der Waals surface area contributed by atoms with Gasteiger partial charge in [-0.2, -0.15) is 0 Å². The van der Waals surface area contributed by atoms with Crippen molar-refractivity contribution in [1.29, 1.82) is 0 Å². The molecule has 0 aromatic carbocycles. The number of carboxylic acids is 1. The molecule has 0 aromatic rings. The molecule has 108 valence electrons. The Morgan fingerprint density at radius 3 is 2.68 bits per heavy atom. The quantitative estimate of drug-likeness (QED) is 0.712. The Bertz CT molecular complexity index is 355. The van der Waals surface area contributed by atoms with Gasteiger partial charge in [-0.15, -0.1) is 0 Å². The molecule has 2 aliphatic rings. The molecule has 2 saturated heterocycles. The molecule has 0 aromatic heterocycles. The van der Waals surface area contributed by atoms with Crippen molar-refractivity contribution in [2.24, 2.45) is 0 Å². The molecule has 0 saturated carbocycles. The van der Waals surface area contributed by atoms with Gasteiger partial charge in [0.25, 0.3) is 0 Å². The summed E-state index contributed by atoms with van der Waals surface area (Å²) in [7, 11) is 2.02. The number of rotatable bonds is 2. The molecule has 0 bridgehead atoms. The highest BCUT2D eigenvalue weighted by atomic mass is 16.5. The highest BCUT2D eigenvalue weighted by Gasteiger charge is 2.44. The maximum Gasteiger partial charge on any atom is 0.332 e. The number of aliphatic carboxylic acids is 1. The van der Waals surface area contributed by atoms with Crippen LogP contribution in [0, 0.1) is 0 Å². The standard InChI is InChI=1S/C12H21N3O4/c1-14-4-2-5-15(7-6-14)11(18)13-12(10(16)17)3-8-19-9-12/h2-9H2,1H3,(H,13,18)(H,16,17). The van der Waals surface area contributed by atoms with Crippen LogP contribution in [0.25, 0.3) is 0 Å². The first-order chi connectivity index (χ1) is 9.03. The number of nitrogens with one attached hydrogen (secondary N) is 1. The largest absolute Gasteiger partial charge is 0.479 e. The first kappa shape index (κ1) is 14.1. The van der Waals surface area contributed by atoms with Crippen molar-refractivity contribution < 1.29 is 19.4 Å². The average Bonchev–Trinajstić information content (AvgIpc) is 2.72. The minimum atomic E-state index is -1.25. The highest BCUT2D eigenvalue weighted by Crippen LogP contribution is 2.19. The summed E-state index contributed by atoms with van der Waals surface area (Å²) < 4.78 is 5.13. The van der Waals surface area contributed by atoms with Gasteiger partial charge in [0.2, 0.25) is 0 Å². The Morgan fingerprint density at radius 2 is 2.05 bits per heavy atom. The van der Waals surface area contributed by atoms with Crippen LogP contribution in [0.2, 0.25) is 0 Å². The number of hydrogen-bond donors (Lipinski definition) is 2. The molecule has 1 unspecified atom stereocenters. The second-order valence-corrected chi connectivity index (χ2v) is 5.26. The molecule has 19 heavy (non-hydrogen) atoms. The maximum atomic E-state index is 12.2. The van der Waals surface area contributed by atoms with Gasteiger partial charge in [-0.25, -0.2) is 9.59 Å². The molecule has 7 heteroatoms. The molecule has 0 spiro atoms. The number of ether oxygens (including phenoxy) is 1. The van der Waals surface area contributed by atoms with E-state index in [-0.39, 0.29) is 12.6 Å². The number of carboxylic acid groups (broad SMARTS) is 1. The summed E-state index contributed by atoms with van der Waals surface area (Å²) in [5.41, 5.74) is -1.25. The first-order valence-corrected chi connectivity index (χ1v) is 6.60. The molecule has 2 aliphatic heterocycles. The fraction of sp³-hybridized carbons (Fsp3) is 0.833. The van der Waals surface area contributed by atoms with E-state index in [0.717, 1.165) is 19.5 Å². The van der Waals surface area contributed by atoms with Gasteiger partial charge in [0.1, 0.15) is 0 Å². The molecule has 1 atom stereocenters. The Hall–Kier alpha value is -1.34. The molecule has 2 fully saturated rings.